The molecule has 0 saturated carbocycles. The van der Waals surface area contributed by atoms with E-state index in [1.807, 2.05) is 0 Å². The van der Waals surface area contributed by atoms with E-state index >= 15 is 0 Å². The molecule has 12 heavy (non-hydrogen) atoms. The lowest BCUT2D eigenvalue weighted by Crippen LogP contribution is -2.36. The number of aliphatic hydroxyl groups is 1. The molecule has 1 amide bonds. The second-order valence-corrected chi connectivity index (χ2v) is 2.89. The fraction of sp³-hybridized carbons (Fsp3) is 0.875. The van der Waals surface area contributed by atoms with Gasteiger partial charge in [0.25, 0.3) is 0 Å². The molecule has 1 aliphatic rings. The molecule has 1 saturated heterocycles. The summed E-state index contributed by atoms with van der Waals surface area (Å²) in [5.41, 5.74) is 0. The minimum absolute atomic E-state index is 0.0976. The van der Waals surface area contributed by atoms with Crippen molar-refractivity contribution in [2.75, 3.05) is 26.3 Å². The van der Waals surface area contributed by atoms with Gasteiger partial charge < -0.3 is 14.7 Å². The fourth-order valence-electron chi connectivity index (χ4n) is 1.30. The summed E-state index contributed by atoms with van der Waals surface area (Å²) in [4.78, 5) is 12.8. The SMILES string of the molecule is O=C(OCCO)N1CCCCC1. The molecule has 0 aliphatic carbocycles. The first kappa shape index (κ1) is 9.32. The molecule has 70 valence electrons. The molecule has 0 spiro atoms. The van der Waals surface area contributed by atoms with Crippen molar-refractivity contribution in [1.82, 2.24) is 4.90 Å². The second-order valence-electron chi connectivity index (χ2n) is 2.89. The Morgan fingerprint density at radius 1 is 1.33 bits per heavy atom. The lowest BCUT2D eigenvalue weighted by molar-refractivity contribution is 0.0787. The zero-order chi connectivity index (χ0) is 8.81. The summed E-state index contributed by atoms with van der Waals surface area (Å²) in [6.45, 7) is 1.60. The van der Waals surface area contributed by atoms with Gasteiger partial charge >= 0.3 is 6.09 Å². The molecule has 1 N–H and O–H groups in total. The lowest BCUT2D eigenvalue weighted by atomic mass is 10.1. The van der Waals surface area contributed by atoms with E-state index in [2.05, 4.69) is 0 Å². The monoisotopic (exact) mass is 173 g/mol. The number of piperidine rings is 1. The maximum absolute atomic E-state index is 11.1. The van der Waals surface area contributed by atoms with Crippen LogP contribution in [-0.2, 0) is 4.74 Å². The number of amides is 1. The summed E-state index contributed by atoms with van der Waals surface area (Å²) < 4.78 is 4.77. The number of carbonyl (C=O) groups excluding carboxylic acids is 1. The predicted molar refractivity (Wildman–Crippen MR) is 43.9 cm³/mol. The molecule has 0 atom stereocenters. The summed E-state index contributed by atoms with van der Waals surface area (Å²) in [5, 5.41) is 8.42. The van der Waals surface area contributed by atoms with Crippen molar-refractivity contribution in [3.8, 4) is 0 Å². The first-order chi connectivity index (χ1) is 5.84. The van der Waals surface area contributed by atoms with E-state index in [1.165, 1.54) is 6.42 Å². The molecule has 0 bridgehead atoms. The van der Waals surface area contributed by atoms with Gasteiger partial charge in [0.1, 0.15) is 6.61 Å². The Labute approximate surface area is 72.1 Å². The standard InChI is InChI=1S/C8H15NO3/c10-6-7-12-8(11)9-4-2-1-3-5-9/h10H,1-7H2. The summed E-state index contributed by atoms with van der Waals surface area (Å²) in [5.74, 6) is 0. The number of aliphatic hydroxyl groups excluding tert-OH is 1. The van der Waals surface area contributed by atoms with Crippen LogP contribution < -0.4 is 0 Å². The predicted octanol–water partition coefficient (Wildman–Crippen LogP) is 0.601. The maximum atomic E-state index is 11.1. The van der Waals surface area contributed by atoms with Crippen molar-refractivity contribution in [2.24, 2.45) is 0 Å². The van der Waals surface area contributed by atoms with Crippen molar-refractivity contribution in [3.63, 3.8) is 0 Å². The van der Waals surface area contributed by atoms with Crippen LogP contribution in [0.3, 0.4) is 0 Å². The smallest absolute Gasteiger partial charge is 0.409 e. The van der Waals surface area contributed by atoms with Crippen molar-refractivity contribution < 1.29 is 14.6 Å². The summed E-state index contributed by atoms with van der Waals surface area (Å²) in [6.07, 6.45) is 3.04. The van der Waals surface area contributed by atoms with Gasteiger partial charge in [-0.1, -0.05) is 0 Å². The van der Waals surface area contributed by atoms with Gasteiger partial charge in [0.05, 0.1) is 6.61 Å². The van der Waals surface area contributed by atoms with Gasteiger partial charge in [0.15, 0.2) is 0 Å². The molecule has 1 rings (SSSR count). The second kappa shape index (κ2) is 4.98. The molecule has 0 aromatic rings. The third-order valence-electron chi connectivity index (χ3n) is 1.93. The molecule has 1 aliphatic heterocycles. The molecule has 1 heterocycles. The molecule has 4 nitrogen and oxygen atoms in total. The van der Waals surface area contributed by atoms with Crippen LogP contribution >= 0.6 is 0 Å². The molecule has 4 heteroatoms. The summed E-state index contributed by atoms with van der Waals surface area (Å²) >= 11 is 0. The normalized spacial score (nSPS) is 17.6. The molecule has 0 aromatic carbocycles. The van der Waals surface area contributed by atoms with Gasteiger partial charge in [0.2, 0.25) is 0 Å². The minimum atomic E-state index is -0.288. The number of rotatable bonds is 2. The van der Waals surface area contributed by atoms with Gasteiger partial charge in [0, 0.05) is 13.1 Å². The first-order valence-corrected chi connectivity index (χ1v) is 4.37. The number of likely N-dealkylation sites (tertiary alicyclic amines) is 1. The number of hydrogen-bond donors (Lipinski definition) is 1. The van der Waals surface area contributed by atoms with Crippen LogP contribution in [0.25, 0.3) is 0 Å². The highest BCUT2D eigenvalue weighted by Gasteiger charge is 2.16. The van der Waals surface area contributed by atoms with Crippen LogP contribution in [0.4, 0.5) is 4.79 Å². The zero-order valence-corrected chi connectivity index (χ0v) is 7.16. The molecule has 0 unspecified atom stereocenters. The Morgan fingerprint density at radius 2 is 2.00 bits per heavy atom. The highest BCUT2D eigenvalue weighted by atomic mass is 16.6. The zero-order valence-electron chi connectivity index (χ0n) is 7.16. The summed E-state index contributed by atoms with van der Waals surface area (Å²) in [6, 6.07) is 0. The van der Waals surface area contributed by atoms with E-state index in [-0.39, 0.29) is 19.3 Å². The van der Waals surface area contributed by atoms with Gasteiger partial charge in [-0.3, -0.25) is 0 Å². The maximum Gasteiger partial charge on any atom is 0.409 e. The van der Waals surface area contributed by atoms with E-state index in [4.69, 9.17) is 9.84 Å². The van der Waals surface area contributed by atoms with Crippen LogP contribution in [-0.4, -0.2) is 42.4 Å². The first-order valence-electron chi connectivity index (χ1n) is 4.37. The largest absolute Gasteiger partial charge is 0.447 e. The van der Waals surface area contributed by atoms with Gasteiger partial charge in [-0.15, -0.1) is 0 Å². The Bertz CT molecular complexity index is 143. The third-order valence-corrected chi connectivity index (χ3v) is 1.93. The molecular formula is C8H15NO3. The number of hydrogen-bond acceptors (Lipinski definition) is 3. The van der Waals surface area contributed by atoms with Crippen molar-refractivity contribution in [3.05, 3.63) is 0 Å². The number of nitrogens with zero attached hydrogens (tertiary/aromatic N) is 1. The highest BCUT2D eigenvalue weighted by Crippen LogP contribution is 2.09. The van der Waals surface area contributed by atoms with E-state index in [0.29, 0.717) is 0 Å². The Morgan fingerprint density at radius 3 is 2.58 bits per heavy atom. The highest BCUT2D eigenvalue weighted by molar-refractivity contribution is 5.67. The van der Waals surface area contributed by atoms with Crippen LogP contribution in [0.15, 0.2) is 0 Å². The van der Waals surface area contributed by atoms with E-state index in [9.17, 15) is 4.79 Å². The minimum Gasteiger partial charge on any atom is -0.447 e. The summed E-state index contributed by atoms with van der Waals surface area (Å²) in [7, 11) is 0. The van der Waals surface area contributed by atoms with Gasteiger partial charge in [-0.05, 0) is 19.3 Å². The Kier molecular flexibility index (Phi) is 3.87. The average Bonchev–Trinajstić information content (AvgIpc) is 2.15. The van der Waals surface area contributed by atoms with Crippen LogP contribution in [0.2, 0.25) is 0 Å². The van der Waals surface area contributed by atoms with Crippen LogP contribution in [0, 0.1) is 0 Å². The quantitative estimate of drug-likeness (QED) is 0.665. The van der Waals surface area contributed by atoms with Gasteiger partial charge in [-0.2, -0.15) is 0 Å². The number of carbonyl (C=O) groups is 1. The Balaban J connectivity index is 2.20. The molecular weight excluding hydrogens is 158 g/mol. The molecule has 1 fully saturated rings. The van der Waals surface area contributed by atoms with E-state index in [0.717, 1.165) is 25.9 Å². The van der Waals surface area contributed by atoms with Crippen molar-refractivity contribution >= 4 is 6.09 Å². The van der Waals surface area contributed by atoms with Crippen molar-refractivity contribution in [1.29, 1.82) is 0 Å². The van der Waals surface area contributed by atoms with Crippen LogP contribution in [0.5, 0.6) is 0 Å². The fourth-order valence-corrected chi connectivity index (χ4v) is 1.30. The Hall–Kier alpha value is -0.770. The van der Waals surface area contributed by atoms with E-state index < -0.39 is 0 Å². The van der Waals surface area contributed by atoms with Gasteiger partial charge in [-0.25, -0.2) is 4.79 Å². The molecule has 0 aromatic heterocycles. The lowest BCUT2D eigenvalue weighted by Gasteiger charge is -2.25. The molecule has 0 radical (unpaired) electrons. The van der Waals surface area contributed by atoms with E-state index in [1.54, 1.807) is 4.90 Å². The number of ether oxygens (including phenoxy) is 1. The topological polar surface area (TPSA) is 49.8 Å². The van der Waals surface area contributed by atoms with Crippen LogP contribution in [0.1, 0.15) is 19.3 Å². The average molecular weight is 173 g/mol. The van der Waals surface area contributed by atoms with Crippen molar-refractivity contribution in [2.45, 2.75) is 19.3 Å². The third kappa shape index (κ3) is 2.70.